The fourth-order valence-corrected chi connectivity index (χ4v) is 1.92. The fourth-order valence-electron chi connectivity index (χ4n) is 1.92. The Balaban J connectivity index is 3.05. The summed E-state index contributed by atoms with van der Waals surface area (Å²) in [6.45, 7) is 3.71. The van der Waals surface area contributed by atoms with Gasteiger partial charge in [0, 0.05) is 11.1 Å². The number of aliphatic hydroxyl groups excluding tert-OH is 2. The molecule has 0 fully saturated rings. The van der Waals surface area contributed by atoms with E-state index in [9.17, 15) is 24.9 Å². The van der Waals surface area contributed by atoms with Crippen LogP contribution in [0.3, 0.4) is 0 Å². The Labute approximate surface area is 128 Å². The van der Waals surface area contributed by atoms with Crippen molar-refractivity contribution in [1.82, 2.24) is 0 Å². The van der Waals surface area contributed by atoms with E-state index in [1.165, 1.54) is 12.1 Å². The third kappa shape index (κ3) is 4.44. The average molecular weight is 312 g/mol. The van der Waals surface area contributed by atoms with Crippen LogP contribution in [0.4, 0.5) is 0 Å². The second-order valence-electron chi connectivity index (χ2n) is 4.53. The number of esters is 1. The lowest BCUT2D eigenvalue weighted by molar-refractivity contribution is -0.147. The van der Waals surface area contributed by atoms with Crippen LogP contribution in [0.15, 0.2) is 12.1 Å². The fraction of sp³-hybridized carbons (Fsp3) is 0.467. The number of aromatic hydroxyl groups is 1. The van der Waals surface area contributed by atoms with Crippen LogP contribution in [0.2, 0.25) is 0 Å². The average Bonchev–Trinajstić information content (AvgIpc) is 2.49. The minimum absolute atomic E-state index is 0.0180. The Morgan fingerprint density at radius 3 is 2.50 bits per heavy atom. The Morgan fingerprint density at radius 1 is 1.27 bits per heavy atom. The lowest BCUT2D eigenvalue weighted by Crippen LogP contribution is -2.23. The summed E-state index contributed by atoms with van der Waals surface area (Å²) in [5, 5.41) is 30.1. The molecule has 1 rings (SSSR count). The summed E-state index contributed by atoms with van der Waals surface area (Å²) in [6, 6.07) is 2.55. The number of aldehydes is 1. The van der Waals surface area contributed by atoms with Gasteiger partial charge in [0.15, 0.2) is 11.5 Å². The van der Waals surface area contributed by atoms with E-state index in [-0.39, 0.29) is 35.8 Å². The Bertz CT molecular complexity index is 527. The highest BCUT2D eigenvalue weighted by Gasteiger charge is 2.26. The molecule has 2 unspecified atom stereocenters. The molecule has 1 aromatic carbocycles. The van der Waals surface area contributed by atoms with Crippen molar-refractivity contribution < 1.29 is 34.4 Å². The largest absolute Gasteiger partial charge is 0.504 e. The normalized spacial score (nSPS) is 13.3. The van der Waals surface area contributed by atoms with Gasteiger partial charge in [-0.15, -0.1) is 0 Å². The van der Waals surface area contributed by atoms with E-state index in [0.717, 1.165) is 0 Å². The van der Waals surface area contributed by atoms with Gasteiger partial charge in [0.1, 0.15) is 12.4 Å². The first kappa shape index (κ1) is 17.9. The highest BCUT2D eigenvalue weighted by atomic mass is 16.5. The van der Waals surface area contributed by atoms with Crippen LogP contribution in [-0.2, 0) is 9.53 Å². The highest BCUT2D eigenvalue weighted by molar-refractivity contribution is 5.77. The van der Waals surface area contributed by atoms with Crippen molar-refractivity contribution in [2.45, 2.75) is 32.5 Å². The Kier molecular flexibility index (Phi) is 6.81. The van der Waals surface area contributed by atoms with Crippen molar-refractivity contribution in [3.63, 3.8) is 0 Å². The van der Waals surface area contributed by atoms with Crippen LogP contribution in [-0.4, -0.2) is 46.9 Å². The number of phenols is 1. The summed E-state index contributed by atoms with van der Waals surface area (Å²) in [6.07, 6.45) is -2.97. The van der Waals surface area contributed by atoms with Gasteiger partial charge in [0.05, 0.1) is 25.7 Å². The first-order chi connectivity index (χ1) is 10.4. The minimum atomic E-state index is -1.57. The highest BCUT2D eigenvalue weighted by Crippen LogP contribution is 2.36. The van der Waals surface area contributed by atoms with Gasteiger partial charge in [0.25, 0.3) is 0 Å². The van der Waals surface area contributed by atoms with E-state index in [1.807, 2.05) is 0 Å². The summed E-state index contributed by atoms with van der Waals surface area (Å²) >= 11 is 0. The molecule has 0 aliphatic heterocycles. The zero-order valence-electron chi connectivity index (χ0n) is 12.5. The van der Waals surface area contributed by atoms with Crippen LogP contribution < -0.4 is 4.74 Å². The third-order valence-corrected chi connectivity index (χ3v) is 2.93. The molecule has 0 amide bonds. The lowest BCUT2D eigenvalue weighted by atomic mass is 9.98. The SMILES string of the molecule is CCOC(=O)CC(O)C(O)c1cc(C=O)cc(OCC)c1O. The molecule has 0 saturated heterocycles. The maximum absolute atomic E-state index is 11.3. The molecule has 0 saturated carbocycles. The number of hydrogen-bond donors (Lipinski definition) is 3. The molecule has 0 aliphatic carbocycles. The van der Waals surface area contributed by atoms with Crippen molar-refractivity contribution >= 4 is 12.3 Å². The van der Waals surface area contributed by atoms with E-state index < -0.39 is 24.6 Å². The van der Waals surface area contributed by atoms with Crippen molar-refractivity contribution in [3.8, 4) is 11.5 Å². The van der Waals surface area contributed by atoms with E-state index in [1.54, 1.807) is 13.8 Å². The maximum atomic E-state index is 11.3. The van der Waals surface area contributed by atoms with Crippen molar-refractivity contribution in [2.24, 2.45) is 0 Å². The number of carbonyl (C=O) groups excluding carboxylic acids is 2. The zero-order valence-corrected chi connectivity index (χ0v) is 12.5. The second-order valence-corrected chi connectivity index (χ2v) is 4.53. The molecular formula is C15H20O7. The molecular weight excluding hydrogens is 292 g/mol. The number of aliphatic hydroxyl groups is 2. The zero-order chi connectivity index (χ0) is 16.7. The molecule has 0 aromatic heterocycles. The lowest BCUT2D eigenvalue weighted by Gasteiger charge is -2.20. The summed E-state index contributed by atoms with van der Waals surface area (Å²) < 4.78 is 9.86. The summed E-state index contributed by atoms with van der Waals surface area (Å²) in [7, 11) is 0. The van der Waals surface area contributed by atoms with E-state index in [2.05, 4.69) is 4.74 Å². The monoisotopic (exact) mass is 312 g/mol. The molecule has 0 spiro atoms. The smallest absolute Gasteiger partial charge is 0.308 e. The first-order valence-electron chi connectivity index (χ1n) is 6.91. The summed E-state index contributed by atoms with van der Waals surface area (Å²) in [5.74, 6) is -1.04. The number of phenolic OH excluding ortho intramolecular Hbond substituents is 1. The van der Waals surface area contributed by atoms with Crippen LogP contribution in [0.5, 0.6) is 11.5 Å². The van der Waals surface area contributed by atoms with Crippen LogP contribution in [0, 0.1) is 0 Å². The molecule has 3 N–H and O–H groups in total. The number of hydrogen-bond acceptors (Lipinski definition) is 7. The third-order valence-electron chi connectivity index (χ3n) is 2.93. The van der Waals surface area contributed by atoms with E-state index >= 15 is 0 Å². The van der Waals surface area contributed by atoms with Gasteiger partial charge in [-0.2, -0.15) is 0 Å². The van der Waals surface area contributed by atoms with Gasteiger partial charge < -0.3 is 24.8 Å². The molecule has 7 nitrogen and oxygen atoms in total. The van der Waals surface area contributed by atoms with Gasteiger partial charge >= 0.3 is 5.97 Å². The number of ether oxygens (including phenoxy) is 2. The standard InChI is InChI=1S/C15H20O7/c1-3-21-12-6-9(8-16)5-10(15(12)20)14(19)11(17)7-13(18)22-4-2/h5-6,8,11,14,17,19-20H,3-4,7H2,1-2H3. The van der Waals surface area contributed by atoms with E-state index in [0.29, 0.717) is 6.29 Å². The molecule has 0 heterocycles. The predicted molar refractivity (Wildman–Crippen MR) is 76.9 cm³/mol. The van der Waals surface area contributed by atoms with Gasteiger partial charge in [-0.3, -0.25) is 9.59 Å². The minimum Gasteiger partial charge on any atom is -0.504 e. The number of benzene rings is 1. The van der Waals surface area contributed by atoms with Gasteiger partial charge in [-0.25, -0.2) is 0 Å². The number of carbonyl (C=O) groups is 2. The van der Waals surface area contributed by atoms with Gasteiger partial charge in [-0.05, 0) is 26.0 Å². The molecule has 2 atom stereocenters. The van der Waals surface area contributed by atoms with Crippen LogP contribution in [0.25, 0.3) is 0 Å². The molecule has 0 bridgehead atoms. The first-order valence-corrected chi connectivity index (χ1v) is 6.91. The van der Waals surface area contributed by atoms with Gasteiger partial charge in [-0.1, -0.05) is 0 Å². The van der Waals surface area contributed by atoms with Gasteiger partial charge in [0.2, 0.25) is 0 Å². The molecule has 122 valence electrons. The molecule has 7 heteroatoms. The Hall–Kier alpha value is -2.12. The quantitative estimate of drug-likeness (QED) is 0.484. The van der Waals surface area contributed by atoms with Crippen LogP contribution in [0.1, 0.15) is 42.3 Å². The number of rotatable bonds is 8. The van der Waals surface area contributed by atoms with E-state index in [4.69, 9.17) is 4.74 Å². The summed E-state index contributed by atoms with van der Waals surface area (Å²) in [5.41, 5.74) is 0.0727. The van der Waals surface area contributed by atoms with Crippen LogP contribution >= 0.6 is 0 Å². The molecule has 1 aromatic rings. The van der Waals surface area contributed by atoms with Crippen molar-refractivity contribution in [3.05, 3.63) is 23.3 Å². The summed E-state index contributed by atoms with van der Waals surface area (Å²) in [4.78, 5) is 22.3. The van der Waals surface area contributed by atoms with Crippen molar-refractivity contribution in [1.29, 1.82) is 0 Å². The molecule has 22 heavy (non-hydrogen) atoms. The van der Waals surface area contributed by atoms with Crippen molar-refractivity contribution in [2.75, 3.05) is 13.2 Å². The second kappa shape index (κ2) is 8.35. The Morgan fingerprint density at radius 2 is 1.95 bits per heavy atom. The molecule has 0 aliphatic rings. The maximum Gasteiger partial charge on any atom is 0.308 e. The topological polar surface area (TPSA) is 113 Å². The predicted octanol–water partition coefficient (Wildman–Crippen LogP) is 0.951. The molecule has 0 radical (unpaired) electrons.